The van der Waals surface area contributed by atoms with E-state index in [2.05, 4.69) is 13.0 Å². The predicted octanol–water partition coefficient (Wildman–Crippen LogP) is 2.88. The second-order valence-electron chi connectivity index (χ2n) is 5.59. The monoisotopic (exact) mass is 254 g/mol. The number of hydrogen-bond acceptors (Lipinski definition) is 3. The summed E-state index contributed by atoms with van der Waals surface area (Å²) in [5.74, 6) is 1.19. The molecule has 1 saturated heterocycles. The van der Waals surface area contributed by atoms with E-state index in [0.717, 1.165) is 25.7 Å². The van der Waals surface area contributed by atoms with Crippen molar-refractivity contribution in [2.24, 2.45) is 11.8 Å². The molecule has 1 saturated carbocycles. The molecular formula is C15H26O3. The lowest BCUT2D eigenvalue weighted by atomic mass is 9.70. The summed E-state index contributed by atoms with van der Waals surface area (Å²) in [7, 11) is 1.71. The number of fused-ring (bicyclic) bond motifs is 1. The van der Waals surface area contributed by atoms with Crippen molar-refractivity contribution >= 4 is 0 Å². The highest BCUT2D eigenvalue weighted by molar-refractivity contribution is 5.06. The van der Waals surface area contributed by atoms with Crippen LogP contribution in [0.25, 0.3) is 0 Å². The Balaban J connectivity index is 1.68. The first-order valence-corrected chi connectivity index (χ1v) is 7.29. The third-order valence-corrected chi connectivity index (χ3v) is 4.27. The van der Waals surface area contributed by atoms with Crippen molar-refractivity contribution in [1.29, 1.82) is 0 Å². The van der Waals surface area contributed by atoms with Crippen molar-refractivity contribution in [3.8, 4) is 0 Å². The van der Waals surface area contributed by atoms with Crippen LogP contribution >= 0.6 is 0 Å². The third-order valence-electron chi connectivity index (χ3n) is 4.27. The molecule has 0 radical (unpaired) electrons. The molecular weight excluding hydrogens is 228 g/mol. The molecule has 2 fully saturated rings. The van der Waals surface area contributed by atoms with Gasteiger partial charge in [0.1, 0.15) is 0 Å². The Morgan fingerprint density at radius 2 is 2.22 bits per heavy atom. The van der Waals surface area contributed by atoms with Gasteiger partial charge in [0, 0.05) is 13.5 Å². The van der Waals surface area contributed by atoms with E-state index in [9.17, 15) is 5.11 Å². The lowest BCUT2D eigenvalue weighted by Gasteiger charge is -2.36. The molecule has 1 N–H and O–H groups in total. The molecule has 0 spiro atoms. The van der Waals surface area contributed by atoms with Crippen molar-refractivity contribution in [2.75, 3.05) is 7.11 Å². The van der Waals surface area contributed by atoms with Gasteiger partial charge in [0.25, 0.3) is 0 Å². The van der Waals surface area contributed by atoms with E-state index in [1.807, 2.05) is 6.08 Å². The Labute approximate surface area is 110 Å². The summed E-state index contributed by atoms with van der Waals surface area (Å²) < 4.78 is 10.9. The molecule has 1 aliphatic carbocycles. The molecule has 5 atom stereocenters. The molecule has 2 aliphatic rings. The zero-order valence-corrected chi connectivity index (χ0v) is 11.5. The second-order valence-corrected chi connectivity index (χ2v) is 5.59. The highest BCUT2D eigenvalue weighted by atomic mass is 16.7. The molecule has 2 rings (SSSR count). The van der Waals surface area contributed by atoms with E-state index < -0.39 is 0 Å². The molecule has 0 aromatic rings. The molecule has 0 aromatic carbocycles. The third kappa shape index (κ3) is 3.34. The Kier molecular flexibility index (Phi) is 5.22. The van der Waals surface area contributed by atoms with E-state index in [4.69, 9.17) is 9.47 Å². The van der Waals surface area contributed by atoms with Gasteiger partial charge in [0.15, 0.2) is 6.29 Å². The van der Waals surface area contributed by atoms with Crippen molar-refractivity contribution in [3.63, 3.8) is 0 Å². The molecule has 1 aliphatic heterocycles. The second kappa shape index (κ2) is 6.69. The van der Waals surface area contributed by atoms with Gasteiger partial charge in [-0.1, -0.05) is 38.3 Å². The summed E-state index contributed by atoms with van der Waals surface area (Å²) in [6.07, 6.45) is 10.8. The highest BCUT2D eigenvalue weighted by Crippen LogP contribution is 2.47. The molecule has 0 aromatic heterocycles. The molecule has 1 heterocycles. The van der Waals surface area contributed by atoms with Crippen LogP contribution in [-0.4, -0.2) is 30.7 Å². The number of methoxy groups -OCH3 is 1. The van der Waals surface area contributed by atoms with Crippen LogP contribution in [0.15, 0.2) is 12.2 Å². The Morgan fingerprint density at radius 3 is 2.94 bits per heavy atom. The molecule has 3 nitrogen and oxygen atoms in total. The first-order valence-electron chi connectivity index (χ1n) is 7.29. The standard InChI is InChI=1S/C15H26O3/c1-3-4-5-6-12(16)8-7-11-9-14-13(11)10-15(17-2)18-14/h7-8,11-16H,3-6,9-10H2,1-2H3. The van der Waals surface area contributed by atoms with Crippen LogP contribution in [0, 0.1) is 11.8 Å². The number of aliphatic hydroxyl groups is 1. The zero-order valence-electron chi connectivity index (χ0n) is 11.5. The maximum Gasteiger partial charge on any atom is 0.157 e. The average molecular weight is 254 g/mol. The first-order chi connectivity index (χ1) is 8.74. The summed E-state index contributed by atoms with van der Waals surface area (Å²) in [5.41, 5.74) is 0. The van der Waals surface area contributed by atoms with Gasteiger partial charge in [0.05, 0.1) is 12.2 Å². The SMILES string of the molecule is CCCCCC(O)C=CC1CC2OC(OC)CC12. The molecule has 5 unspecified atom stereocenters. The Bertz CT molecular complexity index is 277. The summed E-state index contributed by atoms with van der Waals surface area (Å²) in [6.45, 7) is 2.18. The van der Waals surface area contributed by atoms with E-state index >= 15 is 0 Å². The van der Waals surface area contributed by atoms with Crippen molar-refractivity contribution in [2.45, 2.75) is 63.9 Å². The van der Waals surface area contributed by atoms with Crippen molar-refractivity contribution < 1.29 is 14.6 Å². The topological polar surface area (TPSA) is 38.7 Å². The van der Waals surface area contributed by atoms with Gasteiger partial charge in [-0.05, 0) is 24.7 Å². The van der Waals surface area contributed by atoms with Gasteiger partial charge in [-0.15, -0.1) is 0 Å². The quantitative estimate of drug-likeness (QED) is 0.561. The van der Waals surface area contributed by atoms with E-state index in [1.165, 1.54) is 12.8 Å². The van der Waals surface area contributed by atoms with Gasteiger partial charge < -0.3 is 14.6 Å². The van der Waals surface area contributed by atoms with Crippen molar-refractivity contribution in [1.82, 2.24) is 0 Å². The fraction of sp³-hybridized carbons (Fsp3) is 0.867. The summed E-state index contributed by atoms with van der Waals surface area (Å²) in [5, 5.41) is 9.84. The number of rotatable bonds is 7. The number of unbranched alkanes of at least 4 members (excludes halogenated alkanes) is 2. The maximum atomic E-state index is 9.84. The van der Waals surface area contributed by atoms with Crippen LogP contribution in [0.5, 0.6) is 0 Å². The lowest BCUT2D eigenvalue weighted by molar-refractivity contribution is -0.129. The minimum Gasteiger partial charge on any atom is -0.389 e. The largest absolute Gasteiger partial charge is 0.389 e. The first kappa shape index (κ1) is 14.0. The fourth-order valence-electron chi connectivity index (χ4n) is 3.00. The minimum absolute atomic E-state index is 0.00659. The van der Waals surface area contributed by atoms with Gasteiger partial charge in [-0.25, -0.2) is 0 Å². The predicted molar refractivity (Wildman–Crippen MR) is 71.2 cm³/mol. The maximum absolute atomic E-state index is 9.84. The van der Waals surface area contributed by atoms with Crippen LogP contribution in [0.2, 0.25) is 0 Å². The van der Waals surface area contributed by atoms with Gasteiger partial charge in [-0.3, -0.25) is 0 Å². The number of ether oxygens (including phenoxy) is 2. The molecule has 0 bridgehead atoms. The van der Waals surface area contributed by atoms with E-state index in [1.54, 1.807) is 7.11 Å². The van der Waals surface area contributed by atoms with Gasteiger partial charge in [0.2, 0.25) is 0 Å². The van der Waals surface area contributed by atoms with Gasteiger partial charge in [-0.2, -0.15) is 0 Å². The fourth-order valence-corrected chi connectivity index (χ4v) is 3.00. The van der Waals surface area contributed by atoms with Crippen molar-refractivity contribution in [3.05, 3.63) is 12.2 Å². The molecule has 18 heavy (non-hydrogen) atoms. The number of allylic oxidation sites excluding steroid dienone is 1. The molecule has 104 valence electrons. The molecule has 0 amide bonds. The average Bonchev–Trinajstić information content (AvgIpc) is 2.67. The lowest BCUT2D eigenvalue weighted by Crippen LogP contribution is -2.36. The smallest absolute Gasteiger partial charge is 0.157 e. The van der Waals surface area contributed by atoms with E-state index in [0.29, 0.717) is 17.9 Å². The van der Waals surface area contributed by atoms with Crippen LogP contribution in [0.3, 0.4) is 0 Å². The van der Waals surface area contributed by atoms with Crippen LogP contribution in [-0.2, 0) is 9.47 Å². The van der Waals surface area contributed by atoms with E-state index in [-0.39, 0.29) is 12.4 Å². The summed E-state index contributed by atoms with van der Waals surface area (Å²) in [6, 6.07) is 0. The summed E-state index contributed by atoms with van der Waals surface area (Å²) >= 11 is 0. The summed E-state index contributed by atoms with van der Waals surface area (Å²) in [4.78, 5) is 0. The normalized spacial score (nSPS) is 36.6. The highest BCUT2D eigenvalue weighted by Gasteiger charge is 2.47. The number of hydrogen-bond donors (Lipinski definition) is 1. The molecule has 3 heteroatoms. The van der Waals surface area contributed by atoms with Crippen LogP contribution in [0.1, 0.15) is 45.4 Å². The Morgan fingerprint density at radius 1 is 1.39 bits per heavy atom. The van der Waals surface area contributed by atoms with Crippen LogP contribution in [0.4, 0.5) is 0 Å². The van der Waals surface area contributed by atoms with Crippen LogP contribution < -0.4 is 0 Å². The zero-order chi connectivity index (χ0) is 13.0. The Hall–Kier alpha value is -0.380. The van der Waals surface area contributed by atoms with Gasteiger partial charge >= 0.3 is 0 Å². The number of aliphatic hydroxyl groups excluding tert-OH is 1. The minimum atomic E-state index is -0.267.